The molecule has 0 saturated heterocycles. The van der Waals surface area contributed by atoms with E-state index in [0.717, 1.165) is 4.47 Å². The lowest BCUT2D eigenvalue weighted by molar-refractivity contribution is -0.385. The third-order valence-corrected chi connectivity index (χ3v) is 3.29. The van der Waals surface area contributed by atoms with Gasteiger partial charge in [-0.05, 0) is 41.1 Å². The van der Waals surface area contributed by atoms with Gasteiger partial charge in [-0.15, -0.1) is 0 Å². The summed E-state index contributed by atoms with van der Waals surface area (Å²) >= 11 is 3.29. The number of aromatic nitrogens is 1. The summed E-state index contributed by atoms with van der Waals surface area (Å²) in [6.07, 6.45) is 0.794. The van der Waals surface area contributed by atoms with Gasteiger partial charge in [0.15, 0.2) is 0 Å². The number of pyridine rings is 1. The first-order valence-electron chi connectivity index (χ1n) is 6.17. The Labute approximate surface area is 129 Å². The number of aliphatic hydroxyl groups excluding tert-OH is 1. The Bertz CT molecular complexity index is 644. The van der Waals surface area contributed by atoms with Gasteiger partial charge in [0.1, 0.15) is 12.4 Å². The smallest absolute Gasteiger partial charge is 0.270 e. The van der Waals surface area contributed by atoms with Crippen molar-refractivity contribution in [3.63, 3.8) is 0 Å². The molecule has 110 valence electrons. The van der Waals surface area contributed by atoms with Crippen molar-refractivity contribution in [3.05, 3.63) is 62.4 Å². The maximum absolute atomic E-state index is 10.8. The number of hydrogen-bond acceptors (Lipinski definition) is 5. The second kappa shape index (κ2) is 6.64. The van der Waals surface area contributed by atoms with E-state index in [4.69, 9.17) is 4.74 Å². The number of nitro benzene ring substituents is 1. The molecular weight excluding hydrogens is 340 g/mol. The molecule has 1 heterocycles. The molecule has 0 aliphatic rings. The Morgan fingerprint density at radius 2 is 2.19 bits per heavy atom. The average Bonchev–Trinajstić information content (AvgIpc) is 2.46. The Kier molecular flexibility index (Phi) is 4.87. The van der Waals surface area contributed by atoms with Gasteiger partial charge < -0.3 is 9.84 Å². The fraction of sp³-hybridized carbons (Fsp3) is 0.214. The predicted molar refractivity (Wildman–Crippen MR) is 80.0 cm³/mol. The lowest BCUT2D eigenvalue weighted by atomic mass is 10.1. The molecule has 1 aromatic heterocycles. The van der Waals surface area contributed by atoms with Gasteiger partial charge >= 0.3 is 0 Å². The van der Waals surface area contributed by atoms with Crippen LogP contribution in [0.2, 0.25) is 0 Å². The van der Waals surface area contributed by atoms with E-state index in [1.807, 2.05) is 6.07 Å². The summed E-state index contributed by atoms with van der Waals surface area (Å²) in [6, 6.07) is 7.79. The van der Waals surface area contributed by atoms with Gasteiger partial charge in [0, 0.05) is 28.4 Å². The molecule has 0 aliphatic heterocycles. The van der Waals surface area contributed by atoms with Gasteiger partial charge in [0.05, 0.1) is 16.7 Å². The molecule has 0 fully saturated rings. The summed E-state index contributed by atoms with van der Waals surface area (Å²) in [5, 5.41) is 20.5. The standard InChI is InChI=1S/C14H13BrN2O4/c1-9(18)13-6-12(17(19)20)4-5-14(13)21-8-11-3-2-10(15)7-16-11/h2-7,9,18H,8H2,1H3/t9-/m0/s1. The second-order valence-corrected chi connectivity index (χ2v) is 5.33. The van der Waals surface area contributed by atoms with Gasteiger partial charge in [-0.1, -0.05) is 0 Å². The number of aliphatic hydroxyl groups is 1. The molecule has 0 spiro atoms. The summed E-state index contributed by atoms with van der Waals surface area (Å²) in [5.74, 6) is 0.403. The topological polar surface area (TPSA) is 85.5 Å². The quantitative estimate of drug-likeness (QED) is 0.658. The largest absolute Gasteiger partial charge is 0.487 e. The van der Waals surface area contributed by atoms with Crippen molar-refractivity contribution < 1.29 is 14.8 Å². The lowest BCUT2D eigenvalue weighted by Crippen LogP contribution is -2.03. The number of ether oxygens (including phenoxy) is 1. The van der Waals surface area contributed by atoms with Gasteiger partial charge in [-0.3, -0.25) is 15.1 Å². The molecular formula is C14H13BrN2O4. The first-order chi connectivity index (χ1) is 9.97. The molecule has 21 heavy (non-hydrogen) atoms. The fourth-order valence-electron chi connectivity index (χ4n) is 1.75. The minimum Gasteiger partial charge on any atom is -0.487 e. The van der Waals surface area contributed by atoms with Crippen LogP contribution in [0.1, 0.15) is 24.3 Å². The van der Waals surface area contributed by atoms with Crippen LogP contribution in [0.15, 0.2) is 41.0 Å². The van der Waals surface area contributed by atoms with Crippen molar-refractivity contribution in [2.24, 2.45) is 0 Å². The number of non-ortho nitro benzene ring substituents is 1. The Balaban J connectivity index is 2.19. The zero-order valence-electron chi connectivity index (χ0n) is 11.2. The molecule has 7 heteroatoms. The molecule has 2 rings (SSSR count). The van der Waals surface area contributed by atoms with Gasteiger partial charge in [-0.25, -0.2) is 0 Å². The van der Waals surface area contributed by atoms with Crippen LogP contribution in [-0.4, -0.2) is 15.0 Å². The first-order valence-corrected chi connectivity index (χ1v) is 6.96. The number of benzene rings is 1. The molecule has 0 bridgehead atoms. The molecule has 0 amide bonds. The second-order valence-electron chi connectivity index (χ2n) is 4.41. The summed E-state index contributed by atoms with van der Waals surface area (Å²) in [5.41, 5.74) is 1.01. The SMILES string of the molecule is C[C@H](O)c1cc([N+](=O)[O-])ccc1OCc1ccc(Br)cn1. The highest BCUT2D eigenvalue weighted by Gasteiger charge is 2.15. The summed E-state index contributed by atoms with van der Waals surface area (Å²) < 4.78 is 6.47. The molecule has 0 aliphatic carbocycles. The molecule has 2 aromatic rings. The highest BCUT2D eigenvalue weighted by Crippen LogP contribution is 2.29. The van der Waals surface area contributed by atoms with Crippen molar-refractivity contribution in [2.75, 3.05) is 0 Å². The highest BCUT2D eigenvalue weighted by molar-refractivity contribution is 9.10. The number of rotatable bonds is 5. The monoisotopic (exact) mass is 352 g/mol. The first kappa shape index (κ1) is 15.4. The Morgan fingerprint density at radius 1 is 1.43 bits per heavy atom. The van der Waals surface area contributed by atoms with Gasteiger partial charge in [0.25, 0.3) is 5.69 Å². The van der Waals surface area contributed by atoms with Gasteiger partial charge in [-0.2, -0.15) is 0 Å². The molecule has 0 saturated carbocycles. The Hall–Kier alpha value is -1.99. The van der Waals surface area contributed by atoms with Crippen molar-refractivity contribution in [1.29, 1.82) is 0 Å². The lowest BCUT2D eigenvalue weighted by Gasteiger charge is -2.13. The number of nitrogens with zero attached hydrogens (tertiary/aromatic N) is 2. The third kappa shape index (κ3) is 3.99. The van der Waals surface area contributed by atoms with E-state index in [1.54, 1.807) is 12.3 Å². The van der Waals surface area contributed by atoms with Crippen molar-refractivity contribution >= 4 is 21.6 Å². The van der Waals surface area contributed by atoms with Crippen LogP contribution in [0, 0.1) is 10.1 Å². The maximum atomic E-state index is 10.8. The van der Waals surface area contributed by atoms with Crippen LogP contribution >= 0.6 is 15.9 Å². The minimum atomic E-state index is -0.863. The van der Waals surface area contributed by atoms with E-state index < -0.39 is 11.0 Å². The zero-order valence-corrected chi connectivity index (χ0v) is 12.8. The summed E-state index contributed by atoms with van der Waals surface area (Å²) in [6.45, 7) is 1.74. The molecule has 6 nitrogen and oxygen atoms in total. The van der Waals surface area contributed by atoms with Crippen molar-refractivity contribution in [2.45, 2.75) is 19.6 Å². The van der Waals surface area contributed by atoms with Crippen LogP contribution in [0.3, 0.4) is 0 Å². The van der Waals surface area contributed by atoms with Gasteiger partial charge in [0.2, 0.25) is 0 Å². The van der Waals surface area contributed by atoms with Crippen LogP contribution < -0.4 is 4.74 Å². The van der Waals surface area contributed by atoms with Crippen LogP contribution in [-0.2, 0) is 6.61 Å². The van der Waals surface area contributed by atoms with Crippen molar-refractivity contribution in [3.8, 4) is 5.75 Å². The third-order valence-electron chi connectivity index (χ3n) is 2.82. The highest BCUT2D eigenvalue weighted by atomic mass is 79.9. The number of hydrogen-bond donors (Lipinski definition) is 1. The van der Waals surface area contributed by atoms with E-state index in [2.05, 4.69) is 20.9 Å². The van der Waals surface area contributed by atoms with E-state index in [-0.39, 0.29) is 12.3 Å². The maximum Gasteiger partial charge on any atom is 0.270 e. The molecule has 0 radical (unpaired) electrons. The predicted octanol–water partition coefficient (Wildman–Crippen LogP) is 3.38. The molecule has 1 atom stereocenters. The normalized spacial score (nSPS) is 12.0. The molecule has 1 N–H and O–H groups in total. The molecule has 0 unspecified atom stereocenters. The van der Waals surface area contributed by atoms with Crippen LogP contribution in [0.4, 0.5) is 5.69 Å². The average molecular weight is 353 g/mol. The zero-order chi connectivity index (χ0) is 15.4. The minimum absolute atomic E-state index is 0.0833. The van der Waals surface area contributed by atoms with Crippen molar-refractivity contribution in [1.82, 2.24) is 4.98 Å². The number of halogens is 1. The van der Waals surface area contributed by atoms with Crippen LogP contribution in [0.5, 0.6) is 5.75 Å². The summed E-state index contributed by atoms with van der Waals surface area (Å²) in [4.78, 5) is 14.4. The fourth-order valence-corrected chi connectivity index (χ4v) is 1.99. The summed E-state index contributed by atoms with van der Waals surface area (Å²) in [7, 11) is 0. The van der Waals surface area contributed by atoms with E-state index in [1.165, 1.54) is 25.1 Å². The molecule has 1 aromatic carbocycles. The van der Waals surface area contributed by atoms with E-state index in [0.29, 0.717) is 17.0 Å². The van der Waals surface area contributed by atoms with Crippen LogP contribution in [0.25, 0.3) is 0 Å². The number of nitro groups is 1. The van der Waals surface area contributed by atoms with E-state index in [9.17, 15) is 15.2 Å². The Morgan fingerprint density at radius 3 is 2.76 bits per heavy atom. The van der Waals surface area contributed by atoms with E-state index >= 15 is 0 Å².